The van der Waals surface area contributed by atoms with Crippen molar-refractivity contribution in [2.24, 2.45) is 5.41 Å². The first-order valence-corrected chi connectivity index (χ1v) is 25.8. The molecule has 0 amide bonds. The van der Waals surface area contributed by atoms with Gasteiger partial charge in [-0.2, -0.15) is 0 Å². The third-order valence-electron chi connectivity index (χ3n) is 15.7. The number of anilines is 2. The van der Waals surface area contributed by atoms with E-state index in [2.05, 4.69) is 256 Å². The topological polar surface area (TPSA) is 3.24 Å². The largest absolute Gasteiger partial charge is 0.310 e. The fourth-order valence-electron chi connectivity index (χ4n) is 12.5. The minimum atomic E-state index is -0.428. The average Bonchev–Trinajstić information content (AvgIpc) is 4.15. The zero-order valence-corrected chi connectivity index (χ0v) is 41.2. The second-order valence-electron chi connectivity index (χ2n) is 20.0. The van der Waals surface area contributed by atoms with E-state index in [4.69, 9.17) is 6.58 Å². The van der Waals surface area contributed by atoms with Crippen LogP contribution in [0.15, 0.2) is 248 Å². The van der Waals surface area contributed by atoms with E-state index < -0.39 is 5.41 Å². The maximum atomic E-state index is 4.96. The lowest BCUT2D eigenvalue weighted by molar-refractivity contribution is 0.480. The van der Waals surface area contributed by atoms with Gasteiger partial charge < -0.3 is 4.90 Å². The third kappa shape index (κ3) is 6.73. The van der Waals surface area contributed by atoms with Gasteiger partial charge in [-0.1, -0.05) is 209 Å². The molecule has 9 aromatic carbocycles. The van der Waals surface area contributed by atoms with E-state index in [0.29, 0.717) is 0 Å². The first kappa shape index (κ1) is 43.0. The molecule has 10 aromatic rings. The maximum absolute atomic E-state index is 4.96. The Hall–Kier alpha value is -8.04. The van der Waals surface area contributed by atoms with Crippen molar-refractivity contribution in [3.63, 3.8) is 0 Å². The van der Waals surface area contributed by atoms with E-state index in [0.717, 1.165) is 29.9 Å². The van der Waals surface area contributed by atoms with Crippen molar-refractivity contribution in [1.82, 2.24) is 0 Å². The Morgan fingerprint density at radius 3 is 1.90 bits per heavy atom. The quantitative estimate of drug-likeness (QED) is 0.130. The van der Waals surface area contributed by atoms with Crippen LogP contribution in [-0.4, -0.2) is 0 Å². The van der Waals surface area contributed by atoms with Crippen molar-refractivity contribution in [3.05, 3.63) is 276 Å². The van der Waals surface area contributed by atoms with E-state index in [1.165, 1.54) is 104 Å². The van der Waals surface area contributed by atoms with Gasteiger partial charge in [0.1, 0.15) is 0 Å². The van der Waals surface area contributed by atoms with Crippen molar-refractivity contribution in [2.45, 2.75) is 39.0 Å². The molecular formula is C69H53NS. The van der Waals surface area contributed by atoms with Crippen molar-refractivity contribution in [3.8, 4) is 44.5 Å². The summed E-state index contributed by atoms with van der Waals surface area (Å²) in [5.74, 6) is 0. The molecule has 1 atom stereocenters. The summed E-state index contributed by atoms with van der Waals surface area (Å²) < 4.78 is 2.61. The molecule has 340 valence electrons. The van der Waals surface area contributed by atoms with Crippen LogP contribution in [0.5, 0.6) is 0 Å². The molecule has 0 fully saturated rings. The molecule has 1 aromatic heterocycles. The van der Waals surface area contributed by atoms with Gasteiger partial charge in [0.15, 0.2) is 0 Å². The molecule has 0 aliphatic heterocycles. The second-order valence-corrected chi connectivity index (χ2v) is 21.1. The van der Waals surface area contributed by atoms with Gasteiger partial charge in [-0.3, -0.25) is 0 Å². The molecule has 0 N–H and O–H groups in total. The molecule has 0 radical (unpaired) electrons. The first-order chi connectivity index (χ1) is 34.8. The van der Waals surface area contributed by atoms with Gasteiger partial charge in [-0.25, -0.2) is 0 Å². The lowest BCUT2D eigenvalue weighted by atomic mass is 9.68. The molecule has 0 saturated carbocycles. The normalized spacial score (nSPS) is 16.5. The first-order valence-electron chi connectivity index (χ1n) is 25.0. The summed E-state index contributed by atoms with van der Waals surface area (Å²) in [4.78, 5) is 2.41. The molecule has 71 heavy (non-hydrogen) atoms. The summed E-state index contributed by atoms with van der Waals surface area (Å²) >= 11 is 1.87. The number of benzene rings is 9. The lowest BCUT2D eigenvalue weighted by Crippen LogP contribution is -2.27. The number of fused-ring (bicyclic) bond motifs is 12. The Morgan fingerprint density at radius 1 is 0.535 bits per heavy atom. The van der Waals surface area contributed by atoms with Gasteiger partial charge in [0.25, 0.3) is 0 Å². The second kappa shape index (κ2) is 16.8. The molecule has 1 spiro atoms. The van der Waals surface area contributed by atoms with Crippen LogP contribution < -0.4 is 4.90 Å². The standard InChI is InChI=1S/C69H53NS/c1-5-46(54-27-17-28-56-55-25-13-15-32-64(55)71-67(54)56)34-33-45(2)70(53-38-35-49(36-39-53)51-24-16-23-50(43-51)47-19-8-6-9-20-47)63-31-18-30-60-65(63)57-26-12-14-29-59(57)69(60)61-41-42-68(3,4)66(61)58-40-37-52(44-62(58)69)48-21-10-7-11-22-48/h5-40,43-44H,2,41-42H2,1,3-4H3/b34-33-,46-5+. The fraction of sp³-hybridized carbons (Fsp3) is 0.101. The Labute approximate surface area is 421 Å². The number of thiophene rings is 1. The van der Waals surface area contributed by atoms with Crippen LogP contribution in [0.2, 0.25) is 0 Å². The predicted octanol–water partition coefficient (Wildman–Crippen LogP) is 19.3. The van der Waals surface area contributed by atoms with E-state index in [9.17, 15) is 0 Å². The molecule has 0 saturated heterocycles. The smallest absolute Gasteiger partial charge is 0.0686 e. The van der Waals surface area contributed by atoms with Gasteiger partial charge in [0.2, 0.25) is 0 Å². The summed E-state index contributed by atoms with van der Waals surface area (Å²) in [5.41, 5.74) is 23.6. The van der Waals surface area contributed by atoms with Crippen LogP contribution in [0.25, 0.3) is 75.8 Å². The Morgan fingerprint density at radius 2 is 1.14 bits per heavy atom. The highest BCUT2D eigenvalue weighted by Gasteiger charge is 2.57. The van der Waals surface area contributed by atoms with Crippen LogP contribution >= 0.6 is 11.3 Å². The molecule has 1 nitrogen and oxygen atoms in total. The highest BCUT2D eigenvalue weighted by molar-refractivity contribution is 7.26. The fourth-order valence-corrected chi connectivity index (χ4v) is 13.7. The molecule has 3 aliphatic carbocycles. The zero-order valence-electron chi connectivity index (χ0n) is 40.4. The van der Waals surface area contributed by atoms with Crippen LogP contribution in [0.1, 0.15) is 61.4 Å². The monoisotopic (exact) mass is 927 g/mol. The van der Waals surface area contributed by atoms with Crippen molar-refractivity contribution in [1.29, 1.82) is 0 Å². The third-order valence-corrected chi connectivity index (χ3v) is 16.9. The van der Waals surface area contributed by atoms with E-state index in [1.54, 1.807) is 5.57 Å². The van der Waals surface area contributed by atoms with Crippen LogP contribution in [0.3, 0.4) is 0 Å². The highest BCUT2D eigenvalue weighted by atomic mass is 32.1. The van der Waals surface area contributed by atoms with Gasteiger partial charge in [0.05, 0.1) is 11.1 Å². The van der Waals surface area contributed by atoms with Crippen molar-refractivity contribution in [2.75, 3.05) is 4.90 Å². The number of hydrogen-bond acceptors (Lipinski definition) is 2. The minimum Gasteiger partial charge on any atom is -0.310 e. The average molecular weight is 928 g/mol. The Balaban J connectivity index is 0.990. The van der Waals surface area contributed by atoms with E-state index in [1.807, 2.05) is 11.3 Å². The summed E-state index contributed by atoms with van der Waals surface area (Å²) in [7, 11) is 0. The number of rotatable bonds is 9. The Bertz CT molecular complexity index is 3860. The number of allylic oxidation sites excluding steroid dienone is 6. The van der Waals surface area contributed by atoms with Gasteiger partial charge in [-0.05, 0) is 151 Å². The zero-order chi connectivity index (χ0) is 47.8. The van der Waals surface area contributed by atoms with Gasteiger partial charge in [-0.15, -0.1) is 11.3 Å². The van der Waals surface area contributed by atoms with Crippen molar-refractivity contribution < 1.29 is 0 Å². The Kier molecular flexibility index (Phi) is 10.2. The van der Waals surface area contributed by atoms with Gasteiger partial charge in [0, 0.05) is 37.1 Å². The predicted molar refractivity (Wildman–Crippen MR) is 304 cm³/mol. The molecule has 0 bridgehead atoms. The summed E-state index contributed by atoms with van der Waals surface area (Å²) in [6.45, 7) is 12.0. The van der Waals surface area contributed by atoms with E-state index >= 15 is 0 Å². The number of hydrogen-bond donors (Lipinski definition) is 0. The summed E-state index contributed by atoms with van der Waals surface area (Å²) in [6.07, 6.45) is 8.92. The summed E-state index contributed by atoms with van der Waals surface area (Å²) in [5, 5.41) is 2.60. The molecular weight excluding hydrogens is 875 g/mol. The maximum Gasteiger partial charge on any atom is 0.0686 e. The minimum absolute atomic E-state index is 0.0509. The molecule has 1 unspecified atom stereocenters. The SMILES string of the molecule is C=C(/C=C\C(=C/C)c1cccc2c1sc1ccccc12)N(c1ccc(-c2cccc(-c3ccccc3)c2)cc1)c1cccc2c1-c1ccccc1C21C2=C(c3ccc(-c4ccccc4)cc31)C(C)(C)CC2. The summed E-state index contributed by atoms with van der Waals surface area (Å²) in [6, 6.07) is 78.7. The van der Waals surface area contributed by atoms with Crippen LogP contribution in [-0.2, 0) is 5.41 Å². The lowest BCUT2D eigenvalue weighted by Gasteiger charge is -2.34. The molecule has 2 heteroatoms. The molecule has 3 aliphatic rings. The van der Waals surface area contributed by atoms with E-state index in [-0.39, 0.29) is 5.41 Å². The van der Waals surface area contributed by atoms with Gasteiger partial charge >= 0.3 is 0 Å². The molecule has 13 rings (SSSR count). The molecule has 1 heterocycles. The number of nitrogens with zero attached hydrogens (tertiary/aromatic N) is 1. The van der Waals surface area contributed by atoms with Crippen LogP contribution in [0.4, 0.5) is 11.4 Å². The van der Waals surface area contributed by atoms with Crippen molar-refractivity contribution >= 4 is 54.0 Å². The van der Waals surface area contributed by atoms with Crippen LogP contribution in [0, 0.1) is 5.41 Å². The highest BCUT2D eigenvalue weighted by Crippen LogP contribution is 2.69.